The van der Waals surface area contributed by atoms with E-state index in [9.17, 15) is 9.18 Å². The van der Waals surface area contributed by atoms with Crippen LogP contribution in [0.5, 0.6) is 0 Å². The van der Waals surface area contributed by atoms with E-state index in [1.807, 2.05) is 0 Å². The Morgan fingerprint density at radius 3 is 3.06 bits per heavy atom. The summed E-state index contributed by atoms with van der Waals surface area (Å²) in [7, 11) is 0. The SMILES string of the molecule is O=C(Cc1cccc(F)c1)NCC1CCCCN1. The minimum absolute atomic E-state index is 0.0482. The summed E-state index contributed by atoms with van der Waals surface area (Å²) in [5.41, 5.74) is 0.712. The molecule has 2 rings (SSSR count). The van der Waals surface area contributed by atoms with Gasteiger partial charge in [0.25, 0.3) is 0 Å². The number of hydrogen-bond acceptors (Lipinski definition) is 2. The molecule has 2 N–H and O–H groups in total. The van der Waals surface area contributed by atoms with Crippen LogP contribution in [0.25, 0.3) is 0 Å². The van der Waals surface area contributed by atoms with Crippen LogP contribution < -0.4 is 10.6 Å². The van der Waals surface area contributed by atoms with Gasteiger partial charge in [-0.2, -0.15) is 0 Å². The molecule has 1 aromatic carbocycles. The van der Waals surface area contributed by atoms with Gasteiger partial charge >= 0.3 is 0 Å². The van der Waals surface area contributed by atoms with Crippen LogP contribution in [0.15, 0.2) is 24.3 Å². The minimum atomic E-state index is -0.297. The molecule has 0 bridgehead atoms. The monoisotopic (exact) mass is 250 g/mol. The highest BCUT2D eigenvalue weighted by Gasteiger charge is 2.13. The van der Waals surface area contributed by atoms with E-state index < -0.39 is 0 Å². The summed E-state index contributed by atoms with van der Waals surface area (Å²) in [6, 6.07) is 6.56. The zero-order chi connectivity index (χ0) is 12.8. The topological polar surface area (TPSA) is 41.1 Å². The molecule has 1 aromatic rings. The van der Waals surface area contributed by atoms with E-state index in [4.69, 9.17) is 0 Å². The van der Waals surface area contributed by atoms with E-state index in [1.165, 1.54) is 25.0 Å². The fourth-order valence-corrected chi connectivity index (χ4v) is 2.23. The molecule has 1 aliphatic rings. The maximum Gasteiger partial charge on any atom is 0.224 e. The molecule has 1 amide bonds. The van der Waals surface area contributed by atoms with Crippen molar-refractivity contribution in [1.29, 1.82) is 0 Å². The van der Waals surface area contributed by atoms with Crippen LogP contribution in [-0.4, -0.2) is 25.0 Å². The summed E-state index contributed by atoms with van der Waals surface area (Å²) < 4.78 is 13.0. The molecule has 0 aliphatic carbocycles. The van der Waals surface area contributed by atoms with E-state index in [0.29, 0.717) is 18.2 Å². The third kappa shape index (κ3) is 4.11. The average molecular weight is 250 g/mol. The maximum atomic E-state index is 13.0. The van der Waals surface area contributed by atoms with Crippen molar-refractivity contribution in [3.05, 3.63) is 35.6 Å². The molecule has 4 heteroatoms. The number of rotatable bonds is 4. The third-order valence-electron chi connectivity index (χ3n) is 3.21. The fraction of sp³-hybridized carbons (Fsp3) is 0.500. The predicted octanol–water partition coefficient (Wildman–Crippen LogP) is 1.63. The highest BCUT2D eigenvalue weighted by atomic mass is 19.1. The standard InChI is InChI=1S/C14H19FN2O/c15-12-5-3-4-11(8-12)9-14(18)17-10-13-6-1-2-7-16-13/h3-5,8,13,16H,1-2,6-7,9-10H2,(H,17,18). The van der Waals surface area contributed by atoms with Crippen molar-refractivity contribution in [3.8, 4) is 0 Å². The van der Waals surface area contributed by atoms with Crippen molar-refractivity contribution >= 4 is 5.91 Å². The van der Waals surface area contributed by atoms with E-state index in [0.717, 1.165) is 13.0 Å². The average Bonchev–Trinajstić information content (AvgIpc) is 2.38. The van der Waals surface area contributed by atoms with Gasteiger partial charge in [-0.15, -0.1) is 0 Å². The molecule has 1 fully saturated rings. The Morgan fingerprint density at radius 1 is 1.44 bits per heavy atom. The van der Waals surface area contributed by atoms with Crippen LogP contribution in [0.3, 0.4) is 0 Å². The number of nitrogens with one attached hydrogen (secondary N) is 2. The second kappa shape index (κ2) is 6.50. The number of piperidine rings is 1. The van der Waals surface area contributed by atoms with E-state index in [-0.39, 0.29) is 18.1 Å². The normalized spacial score (nSPS) is 19.5. The third-order valence-corrected chi connectivity index (χ3v) is 3.21. The van der Waals surface area contributed by atoms with Crippen LogP contribution >= 0.6 is 0 Å². The van der Waals surface area contributed by atoms with Gasteiger partial charge in [0.15, 0.2) is 0 Å². The lowest BCUT2D eigenvalue weighted by atomic mass is 10.0. The lowest BCUT2D eigenvalue weighted by molar-refractivity contribution is -0.120. The molecule has 0 spiro atoms. The molecular formula is C14H19FN2O. The summed E-state index contributed by atoms with van der Waals surface area (Å²) in [6.45, 7) is 1.69. The molecule has 98 valence electrons. The first-order valence-electron chi connectivity index (χ1n) is 6.48. The maximum absolute atomic E-state index is 13.0. The van der Waals surface area contributed by atoms with Crippen LogP contribution in [-0.2, 0) is 11.2 Å². The Kier molecular flexibility index (Phi) is 4.70. The molecular weight excluding hydrogens is 231 g/mol. The van der Waals surface area contributed by atoms with Gasteiger partial charge in [0, 0.05) is 12.6 Å². The summed E-state index contributed by atoms with van der Waals surface area (Å²) in [6.07, 6.45) is 3.79. The second-order valence-corrected chi connectivity index (χ2v) is 4.76. The molecule has 1 atom stereocenters. The number of benzene rings is 1. The fourth-order valence-electron chi connectivity index (χ4n) is 2.23. The van der Waals surface area contributed by atoms with Gasteiger partial charge in [-0.05, 0) is 37.1 Å². The highest BCUT2D eigenvalue weighted by molar-refractivity contribution is 5.78. The van der Waals surface area contributed by atoms with Crippen molar-refractivity contribution in [1.82, 2.24) is 10.6 Å². The Labute approximate surface area is 107 Å². The van der Waals surface area contributed by atoms with Gasteiger partial charge in [-0.1, -0.05) is 18.6 Å². The molecule has 1 aliphatic heterocycles. The molecule has 1 saturated heterocycles. The first kappa shape index (κ1) is 13.0. The lowest BCUT2D eigenvalue weighted by Crippen LogP contribution is -2.43. The Hall–Kier alpha value is -1.42. The predicted molar refractivity (Wildman–Crippen MR) is 68.8 cm³/mol. The van der Waals surface area contributed by atoms with Crippen molar-refractivity contribution in [3.63, 3.8) is 0 Å². The van der Waals surface area contributed by atoms with Crippen molar-refractivity contribution in [2.24, 2.45) is 0 Å². The number of halogens is 1. The zero-order valence-corrected chi connectivity index (χ0v) is 10.4. The summed E-state index contributed by atoms with van der Waals surface area (Å²) in [4.78, 5) is 11.7. The first-order valence-corrected chi connectivity index (χ1v) is 6.48. The van der Waals surface area contributed by atoms with Crippen LogP contribution in [0.2, 0.25) is 0 Å². The largest absolute Gasteiger partial charge is 0.354 e. The molecule has 0 saturated carbocycles. The zero-order valence-electron chi connectivity index (χ0n) is 10.4. The number of carbonyl (C=O) groups is 1. The van der Waals surface area contributed by atoms with Gasteiger partial charge in [-0.3, -0.25) is 4.79 Å². The molecule has 1 unspecified atom stereocenters. The summed E-state index contributed by atoms with van der Waals surface area (Å²) in [5, 5.41) is 6.27. The second-order valence-electron chi connectivity index (χ2n) is 4.76. The van der Waals surface area contributed by atoms with Gasteiger partial charge in [0.1, 0.15) is 5.82 Å². The summed E-state index contributed by atoms with van der Waals surface area (Å²) in [5.74, 6) is -0.345. The van der Waals surface area contributed by atoms with Crippen molar-refractivity contribution in [2.75, 3.05) is 13.1 Å². The molecule has 0 aromatic heterocycles. The Morgan fingerprint density at radius 2 is 2.33 bits per heavy atom. The lowest BCUT2D eigenvalue weighted by Gasteiger charge is -2.23. The number of hydrogen-bond donors (Lipinski definition) is 2. The van der Waals surface area contributed by atoms with Crippen molar-refractivity contribution < 1.29 is 9.18 Å². The van der Waals surface area contributed by atoms with Crippen LogP contribution in [0, 0.1) is 5.82 Å². The van der Waals surface area contributed by atoms with Crippen molar-refractivity contribution in [2.45, 2.75) is 31.7 Å². The number of carbonyl (C=O) groups excluding carboxylic acids is 1. The first-order chi connectivity index (χ1) is 8.74. The van der Waals surface area contributed by atoms with E-state index >= 15 is 0 Å². The molecule has 1 heterocycles. The van der Waals surface area contributed by atoms with Gasteiger partial charge < -0.3 is 10.6 Å². The summed E-state index contributed by atoms with van der Waals surface area (Å²) >= 11 is 0. The van der Waals surface area contributed by atoms with Gasteiger partial charge in [0.05, 0.1) is 6.42 Å². The number of amides is 1. The quantitative estimate of drug-likeness (QED) is 0.852. The Balaban J connectivity index is 1.74. The van der Waals surface area contributed by atoms with Gasteiger partial charge in [-0.25, -0.2) is 4.39 Å². The van der Waals surface area contributed by atoms with E-state index in [1.54, 1.807) is 12.1 Å². The smallest absolute Gasteiger partial charge is 0.224 e. The molecule has 3 nitrogen and oxygen atoms in total. The molecule has 18 heavy (non-hydrogen) atoms. The van der Waals surface area contributed by atoms with Gasteiger partial charge in [0.2, 0.25) is 5.91 Å². The molecule has 0 radical (unpaired) electrons. The van der Waals surface area contributed by atoms with Crippen LogP contribution in [0.1, 0.15) is 24.8 Å². The Bertz CT molecular complexity index is 403. The van der Waals surface area contributed by atoms with Crippen LogP contribution in [0.4, 0.5) is 4.39 Å². The minimum Gasteiger partial charge on any atom is -0.354 e. The highest BCUT2D eigenvalue weighted by Crippen LogP contribution is 2.06. The van der Waals surface area contributed by atoms with E-state index in [2.05, 4.69) is 10.6 Å².